The van der Waals surface area contributed by atoms with Gasteiger partial charge in [-0.05, 0) is 42.5 Å². The van der Waals surface area contributed by atoms with Crippen LogP contribution in [0.4, 0.5) is 27.6 Å². The van der Waals surface area contributed by atoms with Crippen LogP contribution in [0.1, 0.15) is 52.8 Å². The Bertz CT molecular complexity index is 1300. The van der Waals surface area contributed by atoms with Crippen LogP contribution in [-0.4, -0.2) is 64.2 Å². The molecule has 2 aliphatic heterocycles. The molecular formula is C24H25F5N6O2. The van der Waals surface area contributed by atoms with E-state index in [4.69, 9.17) is 5.73 Å². The Balaban J connectivity index is 1.28. The number of imidazole rings is 1. The van der Waals surface area contributed by atoms with Crippen LogP contribution < -0.4 is 15.8 Å². The first kappa shape index (κ1) is 25.2. The fourth-order valence-corrected chi connectivity index (χ4v) is 5.09. The number of hydrogen-bond acceptors (Lipinski definition) is 6. The van der Waals surface area contributed by atoms with Crippen molar-refractivity contribution in [1.82, 2.24) is 25.2 Å². The summed E-state index contributed by atoms with van der Waals surface area (Å²) in [5.41, 5.74) is 7.96. The first-order chi connectivity index (χ1) is 17.5. The molecule has 13 heteroatoms. The Hall–Kier alpha value is -3.48. The van der Waals surface area contributed by atoms with Crippen LogP contribution >= 0.6 is 0 Å². The molecule has 1 amide bonds. The van der Waals surface area contributed by atoms with Gasteiger partial charge in [0.05, 0.1) is 12.1 Å². The molecule has 37 heavy (non-hydrogen) atoms. The summed E-state index contributed by atoms with van der Waals surface area (Å²) < 4.78 is 69.0. The molecule has 4 N–H and O–H groups in total. The molecule has 0 saturated carbocycles. The van der Waals surface area contributed by atoms with Crippen LogP contribution in [0.3, 0.4) is 0 Å². The Morgan fingerprint density at radius 1 is 1.16 bits per heavy atom. The maximum atomic E-state index is 13.9. The average molecular weight is 524 g/mol. The van der Waals surface area contributed by atoms with Crippen molar-refractivity contribution in [1.29, 1.82) is 0 Å². The van der Waals surface area contributed by atoms with Gasteiger partial charge >= 0.3 is 6.36 Å². The van der Waals surface area contributed by atoms with Gasteiger partial charge < -0.3 is 25.7 Å². The van der Waals surface area contributed by atoms with E-state index in [2.05, 4.69) is 25.0 Å². The molecule has 4 heterocycles. The number of nitrogens with two attached hydrogens (primary N) is 1. The summed E-state index contributed by atoms with van der Waals surface area (Å²) in [4.78, 5) is 26.7. The number of halogens is 5. The zero-order valence-corrected chi connectivity index (χ0v) is 19.6. The number of alkyl halides is 5. The predicted molar refractivity (Wildman–Crippen MR) is 124 cm³/mol. The van der Waals surface area contributed by atoms with Crippen LogP contribution in [0.25, 0.3) is 11.2 Å². The zero-order valence-electron chi connectivity index (χ0n) is 19.6. The lowest BCUT2D eigenvalue weighted by molar-refractivity contribution is -0.274. The lowest BCUT2D eigenvalue weighted by Gasteiger charge is -2.32. The Morgan fingerprint density at radius 2 is 1.92 bits per heavy atom. The molecule has 2 aliphatic rings. The molecule has 2 fully saturated rings. The van der Waals surface area contributed by atoms with Crippen molar-refractivity contribution in [3.8, 4) is 5.75 Å². The topological polar surface area (TPSA) is 109 Å². The van der Waals surface area contributed by atoms with E-state index in [0.29, 0.717) is 49.5 Å². The van der Waals surface area contributed by atoms with Crippen molar-refractivity contribution in [3.63, 3.8) is 0 Å². The minimum atomic E-state index is -4.86. The molecular weight excluding hydrogens is 499 g/mol. The van der Waals surface area contributed by atoms with E-state index in [1.165, 1.54) is 6.07 Å². The second-order valence-electron chi connectivity index (χ2n) is 9.47. The molecule has 2 saturated heterocycles. The van der Waals surface area contributed by atoms with Gasteiger partial charge in [0, 0.05) is 49.9 Å². The highest BCUT2D eigenvalue weighted by atomic mass is 19.4. The van der Waals surface area contributed by atoms with Gasteiger partial charge in [-0.15, -0.1) is 13.2 Å². The number of fused-ring (bicyclic) bond motifs is 1. The number of nitrogens with one attached hydrogen (secondary N) is 2. The number of nitrogen functional groups attached to an aromatic ring is 1. The second-order valence-corrected chi connectivity index (χ2v) is 9.47. The first-order valence-electron chi connectivity index (χ1n) is 11.9. The van der Waals surface area contributed by atoms with E-state index in [-0.39, 0.29) is 36.0 Å². The van der Waals surface area contributed by atoms with Crippen LogP contribution in [0.15, 0.2) is 30.5 Å². The smallest absolute Gasteiger partial charge is 0.406 e. The summed E-state index contributed by atoms with van der Waals surface area (Å²) in [7, 11) is 0. The molecule has 5 rings (SSSR count). The standard InChI is InChI=1S/C24H25F5N6O2/c25-23(26)10-14(11-31-12-23)20-33-19-16(3-6-32-21(19)34-20)13-4-7-35(8-5-13)22(36)17-2-1-15(9-18(17)30)37-24(27,28)29/h1-3,6,9,13-14,31H,4-5,7-8,10-12,30H2,(H,32,33,34)/t14-/m1/s1. The maximum Gasteiger partial charge on any atom is 0.573 e. The monoisotopic (exact) mass is 524 g/mol. The molecule has 1 atom stereocenters. The summed E-state index contributed by atoms with van der Waals surface area (Å²) >= 11 is 0. The number of aromatic amines is 1. The van der Waals surface area contributed by atoms with Crippen molar-refractivity contribution in [3.05, 3.63) is 47.4 Å². The SMILES string of the molecule is Nc1cc(OC(F)(F)F)ccc1C(=O)N1CCC(c2ccnc3[nH]c([C@H]4CNCC(F)(F)C4)nc23)CC1. The number of carbonyl (C=O) groups is 1. The highest BCUT2D eigenvalue weighted by molar-refractivity contribution is 5.99. The maximum absolute atomic E-state index is 13.9. The summed E-state index contributed by atoms with van der Waals surface area (Å²) in [6.45, 7) is 0.868. The van der Waals surface area contributed by atoms with Gasteiger partial charge in [-0.25, -0.2) is 18.7 Å². The van der Waals surface area contributed by atoms with Crippen LogP contribution in [0.2, 0.25) is 0 Å². The molecule has 0 aliphatic carbocycles. The number of aromatic nitrogens is 3. The average Bonchev–Trinajstić information content (AvgIpc) is 3.27. The number of rotatable bonds is 4. The Labute approximate surface area is 208 Å². The van der Waals surface area contributed by atoms with E-state index in [1.807, 2.05) is 6.07 Å². The summed E-state index contributed by atoms with van der Waals surface area (Å²) in [6.07, 6.45) is -2.26. The minimum absolute atomic E-state index is 0.0662. The molecule has 8 nitrogen and oxygen atoms in total. The molecule has 0 bridgehead atoms. The number of H-pyrrole nitrogens is 1. The molecule has 0 spiro atoms. The number of pyridine rings is 1. The van der Waals surface area contributed by atoms with Crippen molar-refractivity contribution >= 4 is 22.8 Å². The molecule has 3 aromatic rings. The summed E-state index contributed by atoms with van der Waals surface area (Å²) in [6, 6.07) is 5.13. The number of nitrogens with zero attached hydrogens (tertiary/aromatic N) is 3. The first-order valence-corrected chi connectivity index (χ1v) is 11.9. The van der Waals surface area contributed by atoms with Crippen molar-refractivity contribution in [2.45, 2.75) is 43.4 Å². The van der Waals surface area contributed by atoms with Gasteiger partial charge in [0.15, 0.2) is 5.65 Å². The number of anilines is 1. The third-order valence-electron chi connectivity index (χ3n) is 6.85. The van der Waals surface area contributed by atoms with Crippen molar-refractivity contribution in [2.24, 2.45) is 0 Å². The summed E-state index contributed by atoms with van der Waals surface area (Å²) in [5, 5.41) is 2.76. The number of ether oxygens (including phenoxy) is 1. The van der Waals surface area contributed by atoms with E-state index in [0.717, 1.165) is 17.7 Å². The zero-order chi connectivity index (χ0) is 26.4. The molecule has 1 aromatic carbocycles. The second kappa shape index (κ2) is 9.43. The number of hydrogen-bond donors (Lipinski definition) is 3. The number of carbonyl (C=O) groups excluding carboxylic acids is 1. The fourth-order valence-electron chi connectivity index (χ4n) is 5.09. The van der Waals surface area contributed by atoms with E-state index in [9.17, 15) is 26.7 Å². The number of likely N-dealkylation sites (tertiary alicyclic amines) is 1. The van der Waals surface area contributed by atoms with Crippen LogP contribution in [0.5, 0.6) is 5.75 Å². The number of benzene rings is 1. The van der Waals surface area contributed by atoms with Gasteiger partial charge in [0.1, 0.15) is 17.1 Å². The Morgan fingerprint density at radius 3 is 2.59 bits per heavy atom. The highest BCUT2D eigenvalue weighted by Gasteiger charge is 2.38. The number of amides is 1. The van der Waals surface area contributed by atoms with Gasteiger partial charge in [-0.1, -0.05) is 0 Å². The predicted octanol–water partition coefficient (Wildman–Crippen LogP) is 4.17. The normalized spacial score (nSPS) is 20.8. The van der Waals surface area contributed by atoms with E-state index < -0.39 is 24.0 Å². The van der Waals surface area contributed by atoms with Gasteiger partial charge in [0.2, 0.25) is 0 Å². The van der Waals surface area contributed by atoms with Crippen molar-refractivity contribution in [2.75, 3.05) is 31.9 Å². The van der Waals surface area contributed by atoms with E-state index in [1.54, 1.807) is 11.1 Å². The largest absolute Gasteiger partial charge is 0.573 e. The van der Waals surface area contributed by atoms with Crippen LogP contribution in [0, 0.1) is 0 Å². The fraction of sp³-hybridized carbons (Fsp3) is 0.458. The van der Waals surface area contributed by atoms with E-state index >= 15 is 0 Å². The lowest BCUT2D eigenvalue weighted by atomic mass is 9.89. The van der Waals surface area contributed by atoms with Gasteiger partial charge in [-0.3, -0.25) is 4.79 Å². The van der Waals surface area contributed by atoms with Crippen molar-refractivity contribution < 1.29 is 31.5 Å². The highest BCUT2D eigenvalue weighted by Crippen LogP contribution is 2.36. The molecule has 0 unspecified atom stereocenters. The molecule has 198 valence electrons. The molecule has 0 radical (unpaired) electrons. The third kappa shape index (κ3) is 5.45. The Kier molecular flexibility index (Phi) is 6.42. The summed E-state index contributed by atoms with van der Waals surface area (Å²) in [5.74, 6) is -3.58. The minimum Gasteiger partial charge on any atom is -0.406 e. The van der Waals surface area contributed by atoms with Gasteiger partial charge in [-0.2, -0.15) is 0 Å². The number of piperidine rings is 2. The molecule has 2 aromatic heterocycles. The lowest BCUT2D eigenvalue weighted by Crippen LogP contribution is -2.43. The quantitative estimate of drug-likeness (QED) is 0.349. The van der Waals surface area contributed by atoms with Gasteiger partial charge in [0.25, 0.3) is 11.8 Å². The third-order valence-corrected chi connectivity index (χ3v) is 6.85. The van der Waals surface area contributed by atoms with Crippen LogP contribution in [-0.2, 0) is 0 Å².